The second-order valence-corrected chi connectivity index (χ2v) is 4.71. The number of hydrogen-bond acceptors (Lipinski definition) is 4. The Balaban J connectivity index is 1.71. The quantitative estimate of drug-likeness (QED) is 0.915. The van der Waals surface area contributed by atoms with Crippen molar-refractivity contribution in [2.45, 2.75) is 6.54 Å². The average molecular weight is 286 g/mol. The van der Waals surface area contributed by atoms with Crippen LogP contribution in [0.4, 0.5) is 0 Å². The molecule has 1 aromatic carbocycles. The average Bonchev–Trinajstić information content (AvgIpc) is 2.95. The third-order valence-corrected chi connectivity index (χ3v) is 3.26. The molecule has 0 unspecified atom stereocenters. The van der Waals surface area contributed by atoms with Gasteiger partial charge in [0.15, 0.2) is 11.5 Å². The van der Waals surface area contributed by atoms with Crippen LogP contribution in [0.15, 0.2) is 41.3 Å². The molecule has 1 N–H and O–H groups in total. The molecule has 6 heteroatoms. The predicted molar refractivity (Wildman–Crippen MR) is 75.4 cm³/mol. The number of rotatable bonds is 3. The normalized spacial score (nSPS) is 12.2. The largest absolute Gasteiger partial charge is 0.454 e. The van der Waals surface area contributed by atoms with Gasteiger partial charge in [0.1, 0.15) is 5.56 Å². The lowest BCUT2D eigenvalue weighted by molar-refractivity contribution is 0.0949. The minimum absolute atomic E-state index is 0.126. The third kappa shape index (κ3) is 2.60. The topological polar surface area (TPSA) is 69.6 Å². The summed E-state index contributed by atoms with van der Waals surface area (Å²) in [5.41, 5.74) is 0.682. The van der Waals surface area contributed by atoms with E-state index in [9.17, 15) is 9.59 Å². The molecule has 1 aliphatic heterocycles. The minimum atomic E-state index is -0.395. The summed E-state index contributed by atoms with van der Waals surface area (Å²) in [5, 5.41) is 2.73. The van der Waals surface area contributed by atoms with Gasteiger partial charge in [-0.05, 0) is 29.8 Å². The Morgan fingerprint density at radius 3 is 2.95 bits per heavy atom. The lowest BCUT2D eigenvalue weighted by atomic mass is 10.2. The van der Waals surface area contributed by atoms with E-state index in [1.54, 1.807) is 25.4 Å². The molecule has 108 valence electrons. The van der Waals surface area contributed by atoms with Gasteiger partial charge >= 0.3 is 0 Å². The van der Waals surface area contributed by atoms with E-state index in [-0.39, 0.29) is 17.9 Å². The van der Waals surface area contributed by atoms with Crippen LogP contribution in [0.2, 0.25) is 0 Å². The number of carbonyl (C=O) groups is 1. The van der Waals surface area contributed by atoms with E-state index in [0.717, 1.165) is 5.56 Å². The van der Waals surface area contributed by atoms with Crippen LogP contribution in [0.3, 0.4) is 0 Å². The summed E-state index contributed by atoms with van der Waals surface area (Å²) in [5.74, 6) is 0.966. The summed E-state index contributed by atoms with van der Waals surface area (Å²) in [4.78, 5) is 23.9. The van der Waals surface area contributed by atoms with Crippen LogP contribution in [-0.4, -0.2) is 17.3 Å². The first-order chi connectivity index (χ1) is 10.1. The zero-order valence-corrected chi connectivity index (χ0v) is 11.5. The summed E-state index contributed by atoms with van der Waals surface area (Å²) in [6.45, 7) is 0.527. The van der Waals surface area contributed by atoms with Gasteiger partial charge in [-0.3, -0.25) is 9.59 Å². The number of pyridine rings is 1. The molecule has 0 spiro atoms. The zero-order valence-electron chi connectivity index (χ0n) is 11.5. The van der Waals surface area contributed by atoms with Crippen LogP contribution in [0.1, 0.15) is 15.9 Å². The number of aryl methyl sites for hydroxylation is 1. The van der Waals surface area contributed by atoms with Crippen molar-refractivity contribution in [1.82, 2.24) is 9.88 Å². The molecular formula is C15H14N2O4. The molecule has 0 aliphatic carbocycles. The molecule has 3 rings (SSSR count). The van der Waals surface area contributed by atoms with Crippen LogP contribution < -0.4 is 20.3 Å². The Morgan fingerprint density at radius 2 is 2.10 bits per heavy atom. The lowest BCUT2D eigenvalue weighted by Crippen LogP contribution is -2.31. The molecule has 0 saturated heterocycles. The van der Waals surface area contributed by atoms with E-state index in [0.29, 0.717) is 18.0 Å². The SMILES string of the molecule is Cn1cccc(C(=O)NCc2ccc3c(c2)OCO3)c1=O. The lowest BCUT2D eigenvalue weighted by Gasteiger charge is -2.07. The van der Waals surface area contributed by atoms with Crippen molar-refractivity contribution in [3.8, 4) is 11.5 Å². The van der Waals surface area contributed by atoms with Gasteiger partial charge in [-0.1, -0.05) is 6.07 Å². The highest BCUT2D eigenvalue weighted by Gasteiger charge is 2.14. The van der Waals surface area contributed by atoms with Crippen molar-refractivity contribution in [1.29, 1.82) is 0 Å². The Labute approximate surface area is 120 Å². The number of nitrogens with zero attached hydrogens (tertiary/aromatic N) is 1. The molecule has 21 heavy (non-hydrogen) atoms. The maximum atomic E-state index is 12.0. The highest BCUT2D eigenvalue weighted by molar-refractivity contribution is 5.93. The monoisotopic (exact) mass is 286 g/mol. The number of hydrogen-bond donors (Lipinski definition) is 1. The number of nitrogens with one attached hydrogen (secondary N) is 1. The summed E-state index contributed by atoms with van der Waals surface area (Å²) >= 11 is 0. The molecule has 1 aromatic heterocycles. The van der Waals surface area contributed by atoms with Crippen molar-refractivity contribution in [3.63, 3.8) is 0 Å². The first-order valence-electron chi connectivity index (χ1n) is 6.47. The molecule has 1 aliphatic rings. The molecular weight excluding hydrogens is 272 g/mol. The van der Waals surface area contributed by atoms with E-state index in [1.807, 2.05) is 12.1 Å². The third-order valence-electron chi connectivity index (χ3n) is 3.26. The van der Waals surface area contributed by atoms with E-state index in [1.165, 1.54) is 10.6 Å². The first-order valence-corrected chi connectivity index (χ1v) is 6.47. The van der Waals surface area contributed by atoms with E-state index in [4.69, 9.17) is 9.47 Å². The van der Waals surface area contributed by atoms with Gasteiger partial charge < -0.3 is 19.4 Å². The van der Waals surface area contributed by atoms with E-state index >= 15 is 0 Å². The second kappa shape index (κ2) is 5.32. The van der Waals surface area contributed by atoms with Crippen LogP contribution in [0, 0.1) is 0 Å². The molecule has 0 bridgehead atoms. The van der Waals surface area contributed by atoms with Gasteiger partial charge in [0.25, 0.3) is 11.5 Å². The predicted octanol–water partition coefficient (Wildman–Crippen LogP) is 1.04. The van der Waals surface area contributed by atoms with Crippen LogP contribution in [-0.2, 0) is 13.6 Å². The van der Waals surface area contributed by atoms with Crippen molar-refractivity contribution in [2.24, 2.45) is 7.05 Å². The maximum absolute atomic E-state index is 12.0. The van der Waals surface area contributed by atoms with Gasteiger partial charge in [0.2, 0.25) is 6.79 Å². The Hall–Kier alpha value is -2.76. The summed E-state index contributed by atoms with van der Waals surface area (Å²) in [7, 11) is 1.61. The number of benzene rings is 1. The highest BCUT2D eigenvalue weighted by atomic mass is 16.7. The summed E-state index contributed by atoms with van der Waals surface area (Å²) < 4.78 is 11.9. The van der Waals surface area contributed by atoms with Gasteiger partial charge in [-0.25, -0.2) is 0 Å². The van der Waals surface area contributed by atoms with E-state index < -0.39 is 5.91 Å². The van der Waals surface area contributed by atoms with Crippen LogP contribution in [0.25, 0.3) is 0 Å². The molecule has 0 atom stereocenters. The minimum Gasteiger partial charge on any atom is -0.454 e. The van der Waals surface area contributed by atoms with Crippen molar-refractivity contribution < 1.29 is 14.3 Å². The second-order valence-electron chi connectivity index (χ2n) is 4.71. The summed E-state index contributed by atoms with van der Waals surface area (Å²) in [6.07, 6.45) is 1.61. The molecule has 2 heterocycles. The fourth-order valence-corrected chi connectivity index (χ4v) is 2.10. The number of aromatic nitrogens is 1. The molecule has 6 nitrogen and oxygen atoms in total. The molecule has 1 amide bonds. The Kier molecular flexibility index (Phi) is 3.35. The van der Waals surface area contributed by atoms with Gasteiger partial charge in [-0.15, -0.1) is 0 Å². The number of ether oxygens (including phenoxy) is 2. The van der Waals surface area contributed by atoms with Crippen LogP contribution in [0.5, 0.6) is 11.5 Å². The zero-order chi connectivity index (χ0) is 14.8. The first kappa shape index (κ1) is 13.2. The Bertz CT molecular complexity index is 752. The van der Waals surface area contributed by atoms with Crippen molar-refractivity contribution in [3.05, 3.63) is 58.0 Å². The number of fused-ring (bicyclic) bond motifs is 1. The fraction of sp³-hybridized carbons (Fsp3) is 0.200. The van der Waals surface area contributed by atoms with Gasteiger partial charge in [-0.2, -0.15) is 0 Å². The van der Waals surface area contributed by atoms with Crippen LogP contribution >= 0.6 is 0 Å². The van der Waals surface area contributed by atoms with Gasteiger partial charge in [0.05, 0.1) is 0 Å². The number of amides is 1. The maximum Gasteiger partial charge on any atom is 0.263 e. The standard InChI is InChI=1S/C15H14N2O4/c1-17-6-2-3-11(15(17)19)14(18)16-8-10-4-5-12-13(7-10)21-9-20-12/h2-7H,8-9H2,1H3,(H,16,18). The number of carbonyl (C=O) groups excluding carboxylic acids is 1. The van der Waals surface area contributed by atoms with Gasteiger partial charge in [0, 0.05) is 19.8 Å². The molecule has 2 aromatic rings. The molecule has 0 fully saturated rings. The Morgan fingerprint density at radius 1 is 1.29 bits per heavy atom. The fourth-order valence-electron chi connectivity index (χ4n) is 2.10. The molecule has 0 saturated carbocycles. The smallest absolute Gasteiger partial charge is 0.263 e. The van der Waals surface area contributed by atoms with E-state index in [2.05, 4.69) is 5.32 Å². The van der Waals surface area contributed by atoms with Crippen molar-refractivity contribution in [2.75, 3.05) is 6.79 Å². The highest BCUT2D eigenvalue weighted by Crippen LogP contribution is 2.32. The molecule has 0 radical (unpaired) electrons. The summed E-state index contributed by atoms with van der Waals surface area (Å²) in [6, 6.07) is 8.63. The van der Waals surface area contributed by atoms with Crippen molar-refractivity contribution >= 4 is 5.91 Å².